The third-order valence-corrected chi connectivity index (χ3v) is 3.29. The van der Waals surface area contributed by atoms with Crippen molar-refractivity contribution in [1.29, 1.82) is 0 Å². The minimum atomic E-state index is 0.258. The van der Waals surface area contributed by atoms with Crippen LogP contribution >= 0.6 is 0 Å². The molecule has 5 nitrogen and oxygen atoms in total. The van der Waals surface area contributed by atoms with Gasteiger partial charge in [-0.1, -0.05) is 0 Å². The molecular formula is C12H20N4O. The van der Waals surface area contributed by atoms with E-state index in [0.29, 0.717) is 12.6 Å². The Balaban J connectivity index is 2.14. The molecule has 0 radical (unpaired) electrons. The van der Waals surface area contributed by atoms with Gasteiger partial charge < -0.3 is 15.7 Å². The van der Waals surface area contributed by atoms with Crippen molar-refractivity contribution in [3.8, 4) is 0 Å². The summed E-state index contributed by atoms with van der Waals surface area (Å²) in [5, 5.41) is 8.92. The monoisotopic (exact) mass is 236 g/mol. The molecule has 1 aliphatic rings. The summed E-state index contributed by atoms with van der Waals surface area (Å²) >= 11 is 0. The molecule has 2 rings (SSSR count). The number of aromatic nitrogens is 2. The van der Waals surface area contributed by atoms with Crippen LogP contribution in [0.15, 0.2) is 12.4 Å². The number of hydrogen-bond donors (Lipinski definition) is 2. The molecule has 0 saturated carbocycles. The highest BCUT2D eigenvalue weighted by molar-refractivity contribution is 5.45. The normalized spacial score (nSPS) is 19.9. The minimum Gasteiger partial charge on any atom is -0.396 e. The van der Waals surface area contributed by atoms with Crippen LogP contribution in [0.25, 0.3) is 0 Å². The molecule has 1 unspecified atom stereocenters. The van der Waals surface area contributed by atoms with Crippen LogP contribution in [0.2, 0.25) is 0 Å². The molecule has 1 aromatic heterocycles. The van der Waals surface area contributed by atoms with E-state index in [2.05, 4.69) is 14.9 Å². The summed E-state index contributed by atoms with van der Waals surface area (Å²) in [5.74, 6) is 0.926. The van der Waals surface area contributed by atoms with Crippen LogP contribution in [0.5, 0.6) is 0 Å². The maximum Gasteiger partial charge on any atom is 0.151 e. The zero-order valence-corrected chi connectivity index (χ0v) is 10.0. The number of rotatable bonds is 5. The Morgan fingerprint density at radius 2 is 2.24 bits per heavy atom. The van der Waals surface area contributed by atoms with Gasteiger partial charge in [-0.25, -0.2) is 4.98 Å². The number of hydrogen-bond acceptors (Lipinski definition) is 5. The topological polar surface area (TPSA) is 75.3 Å². The van der Waals surface area contributed by atoms with E-state index in [9.17, 15) is 0 Å². The van der Waals surface area contributed by atoms with Crippen molar-refractivity contribution in [1.82, 2.24) is 9.97 Å². The van der Waals surface area contributed by atoms with Crippen molar-refractivity contribution in [3.05, 3.63) is 18.1 Å². The van der Waals surface area contributed by atoms with Crippen molar-refractivity contribution < 1.29 is 5.11 Å². The maximum atomic E-state index is 8.92. The molecule has 3 N–H and O–H groups in total. The second-order valence-electron chi connectivity index (χ2n) is 4.39. The molecule has 94 valence electrons. The largest absolute Gasteiger partial charge is 0.396 e. The fourth-order valence-corrected chi connectivity index (χ4v) is 2.48. The highest BCUT2D eigenvalue weighted by Crippen LogP contribution is 2.27. The lowest BCUT2D eigenvalue weighted by Gasteiger charge is -2.26. The standard InChI is InChI=1S/C12H20N4O/c13-9-11-12(15-6-5-14-11)16-7-1-3-10(16)4-2-8-17/h5-6,10,17H,1-4,7-9,13H2. The van der Waals surface area contributed by atoms with Gasteiger partial charge in [0.2, 0.25) is 0 Å². The number of aliphatic hydroxyl groups excluding tert-OH is 1. The number of aliphatic hydroxyl groups is 1. The molecule has 0 bridgehead atoms. The second-order valence-corrected chi connectivity index (χ2v) is 4.39. The SMILES string of the molecule is NCc1nccnc1N1CCCC1CCCO. The van der Waals surface area contributed by atoms with E-state index in [1.807, 2.05) is 0 Å². The summed E-state index contributed by atoms with van der Waals surface area (Å²) in [6.45, 7) is 1.70. The quantitative estimate of drug-likeness (QED) is 0.786. The summed E-state index contributed by atoms with van der Waals surface area (Å²) in [4.78, 5) is 11.0. The summed E-state index contributed by atoms with van der Waals surface area (Å²) in [5.41, 5.74) is 6.56. The van der Waals surface area contributed by atoms with Crippen molar-refractivity contribution >= 4 is 5.82 Å². The number of anilines is 1. The molecule has 0 aromatic carbocycles. The van der Waals surface area contributed by atoms with Gasteiger partial charge >= 0.3 is 0 Å². The van der Waals surface area contributed by atoms with Gasteiger partial charge in [0.05, 0.1) is 5.69 Å². The van der Waals surface area contributed by atoms with E-state index in [1.165, 1.54) is 12.8 Å². The van der Waals surface area contributed by atoms with E-state index in [0.717, 1.165) is 30.9 Å². The Bertz CT molecular complexity index is 358. The molecule has 0 spiro atoms. The summed E-state index contributed by atoms with van der Waals surface area (Å²) in [6, 6.07) is 0.476. The zero-order valence-electron chi connectivity index (χ0n) is 10.0. The van der Waals surface area contributed by atoms with Crippen LogP contribution in [0.4, 0.5) is 5.82 Å². The van der Waals surface area contributed by atoms with E-state index in [4.69, 9.17) is 10.8 Å². The molecule has 0 aliphatic carbocycles. The fraction of sp³-hybridized carbons (Fsp3) is 0.667. The third-order valence-electron chi connectivity index (χ3n) is 3.29. The minimum absolute atomic E-state index is 0.258. The Morgan fingerprint density at radius 1 is 1.41 bits per heavy atom. The molecule has 1 saturated heterocycles. The van der Waals surface area contributed by atoms with Gasteiger partial charge in [0.1, 0.15) is 0 Å². The number of nitrogens with zero attached hydrogens (tertiary/aromatic N) is 3. The molecule has 17 heavy (non-hydrogen) atoms. The Morgan fingerprint density at radius 3 is 3.00 bits per heavy atom. The molecular weight excluding hydrogens is 216 g/mol. The van der Waals surface area contributed by atoms with Crippen LogP contribution in [-0.2, 0) is 6.54 Å². The molecule has 1 fully saturated rings. The predicted molar refractivity (Wildman–Crippen MR) is 66.6 cm³/mol. The van der Waals surface area contributed by atoms with Gasteiger partial charge in [-0.05, 0) is 25.7 Å². The Labute approximate surface area is 102 Å². The third kappa shape index (κ3) is 2.73. The lowest BCUT2D eigenvalue weighted by molar-refractivity contribution is 0.279. The van der Waals surface area contributed by atoms with E-state index in [-0.39, 0.29) is 6.61 Å². The van der Waals surface area contributed by atoms with Crippen LogP contribution in [-0.4, -0.2) is 34.3 Å². The van der Waals surface area contributed by atoms with Gasteiger partial charge in [-0.3, -0.25) is 4.98 Å². The van der Waals surface area contributed by atoms with E-state index < -0.39 is 0 Å². The fourth-order valence-electron chi connectivity index (χ4n) is 2.48. The van der Waals surface area contributed by atoms with Crippen LogP contribution in [0.3, 0.4) is 0 Å². The van der Waals surface area contributed by atoms with Gasteiger partial charge in [-0.15, -0.1) is 0 Å². The highest BCUT2D eigenvalue weighted by Gasteiger charge is 2.26. The van der Waals surface area contributed by atoms with Crippen molar-refractivity contribution in [3.63, 3.8) is 0 Å². The lowest BCUT2D eigenvalue weighted by Crippen LogP contribution is -2.31. The molecule has 2 heterocycles. The second kappa shape index (κ2) is 5.93. The van der Waals surface area contributed by atoms with Gasteiger partial charge in [0.25, 0.3) is 0 Å². The number of nitrogens with two attached hydrogens (primary N) is 1. The first-order valence-corrected chi connectivity index (χ1v) is 6.24. The first kappa shape index (κ1) is 12.3. The summed E-state index contributed by atoms with van der Waals surface area (Å²) < 4.78 is 0. The van der Waals surface area contributed by atoms with Crippen LogP contribution in [0.1, 0.15) is 31.4 Å². The van der Waals surface area contributed by atoms with Gasteiger partial charge in [0.15, 0.2) is 5.82 Å². The zero-order chi connectivity index (χ0) is 12.1. The summed E-state index contributed by atoms with van der Waals surface area (Å²) in [7, 11) is 0. The molecule has 1 aliphatic heterocycles. The average molecular weight is 236 g/mol. The summed E-state index contributed by atoms with van der Waals surface area (Å²) in [6.07, 6.45) is 7.61. The van der Waals surface area contributed by atoms with Gasteiger partial charge in [-0.2, -0.15) is 0 Å². The van der Waals surface area contributed by atoms with Gasteiger partial charge in [0, 0.05) is 38.1 Å². The molecule has 5 heteroatoms. The van der Waals surface area contributed by atoms with Crippen molar-refractivity contribution in [2.75, 3.05) is 18.1 Å². The Kier molecular flexibility index (Phi) is 4.28. The lowest BCUT2D eigenvalue weighted by atomic mass is 10.1. The smallest absolute Gasteiger partial charge is 0.151 e. The van der Waals surface area contributed by atoms with Crippen molar-refractivity contribution in [2.24, 2.45) is 5.73 Å². The van der Waals surface area contributed by atoms with Crippen LogP contribution < -0.4 is 10.6 Å². The van der Waals surface area contributed by atoms with E-state index in [1.54, 1.807) is 12.4 Å². The predicted octanol–water partition coefficient (Wildman–Crippen LogP) is 0.677. The molecule has 1 atom stereocenters. The van der Waals surface area contributed by atoms with E-state index >= 15 is 0 Å². The highest BCUT2D eigenvalue weighted by atomic mass is 16.2. The first-order chi connectivity index (χ1) is 8.36. The molecule has 0 amide bonds. The molecule has 1 aromatic rings. The first-order valence-electron chi connectivity index (χ1n) is 6.24. The van der Waals surface area contributed by atoms with Crippen LogP contribution in [0, 0.1) is 0 Å². The average Bonchev–Trinajstić information content (AvgIpc) is 2.84. The van der Waals surface area contributed by atoms with Crippen molar-refractivity contribution in [2.45, 2.75) is 38.3 Å². The maximum absolute atomic E-state index is 8.92. The Hall–Kier alpha value is -1.20.